The zero-order valence-electron chi connectivity index (χ0n) is 14.7. The zero-order chi connectivity index (χ0) is 18.3. The van der Waals surface area contributed by atoms with E-state index in [2.05, 4.69) is 10.1 Å². The molecule has 2 aliphatic heterocycles. The van der Waals surface area contributed by atoms with Gasteiger partial charge in [0.15, 0.2) is 5.69 Å². The van der Waals surface area contributed by atoms with Crippen LogP contribution in [0.3, 0.4) is 0 Å². The number of hydrogen-bond acceptors (Lipinski definition) is 6. The lowest BCUT2D eigenvalue weighted by Gasteiger charge is -2.21. The molecular weight excluding hydrogens is 336 g/mol. The molecular formula is C18H20N4O4. The molecule has 26 heavy (non-hydrogen) atoms. The van der Waals surface area contributed by atoms with Crippen molar-refractivity contribution in [2.24, 2.45) is 0 Å². The lowest BCUT2D eigenvalue weighted by molar-refractivity contribution is 0.0716. The molecule has 136 valence electrons. The predicted octanol–water partition coefficient (Wildman–Crippen LogP) is 2.04. The quantitative estimate of drug-likeness (QED) is 0.833. The van der Waals surface area contributed by atoms with Crippen LogP contribution in [-0.4, -0.2) is 57.2 Å². The van der Waals surface area contributed by atoms with E-state index in [9.17, 15) is 9.59 Å². The molecule has 0 radical (unpaired) electrons. The fraction of sp³-hybridized carbons (Fsp3) is 0.444. The minimum atomic E-state index is -0.360. The van der Waals surface area contributed by atoms with Crippen LogP contribution in [0, 0.1) is 0 Å². The summed E-state index contributed by atoms with van der Waals surface area (Å²) < 4.78 is 10.7. The van der Waals surface area contributed by atoms with Gasteiger partial charge in [-0.05, 0) is 12.1 Å². The molecule has 0 unspecified atom stereocenters. The second-order valence-electron chi connectivity index (χ2n) is 6.92. The van der Waals surface area contributed by atoms with Gasteiger partial charge in [0.2, 0.25) is 0 Å². The number of carbonyl (C=O) groups is 2. The SMILES string of the molecule is CC(C)c1cc(C(=O)N2C[C@@H]3OC(=O)N(Cc4ccccn4)[C@@H]3C2)no1. The highest BCUT2D eigenvalue weighted by molar-refractivity contribution is 5.92. The Hall–Kier alpha value is -2.90. The van der Waals surface area contributed by atoms with Crippen molar-refractivity contribution in [1.82, 2.24) is 19.9 Å². The molecule has 2 aliphatic rings. The fourth-order valence-electron chi connectivity index (χ4n) is 3.34. The molecule has 2 amide bonds. The van der Waals surface area contributed by atoms with Crippen molar-refractivity contribution in [1.29, 1.82) is 0 Å². The van der Waals surface area contributed by atoms with Crippen molar-refractivity contribution >= 4 is 12.0 Å². The maximum Gasteiger partial charge on any atom is 0.410 e. The molecule has 8 nitrogen and oxygen atoms in total. The van der Waals surface area contributed by atoms with Crippen molar-refractivity contribution in [3.05, 3.63) is 47.6 Å². The van der Waals surface area contributed by atoms with Crippen molar-refractivity contribution in [2.45, 2.75) is 38.5 Å². The Balaban J connectivity index is 1.46. The van der Waals surface area contributed by atoms with Crippen LogP contribution in [0.1, 0.15) is 41.7 Å². The van der Waals surface area contributed by atoms with E-state index < -0.39 is 0 Å². The van der Waals surface area contributed by atoms with E-state index in [1.807, 2.05) is 32.0 Å². The Kier molecular flexibility index (Phi) is 4.10. The molecule has 4 heterocycles. The van der Waals surface area contributed by atoms with Crippen LogP contribution in [0.5, 0.6) is 0 Å². The first kappa shape index (κ1) is 16.6. The molecule has 0 aromatic carbocycles. The lowest BCUT2D eigenvalue weighted by Crippen LogP contribution is -2.39. The average Bonchev–Trinajstić information content (AvgIpc) is 3.32. The van der Waals surface area contributed by atoms with Gasteiger partial charge in [-0.1, -0.05) is 25.1 Å². The van der Waals surface area contributed by atoms with Gasteiger partial charge in [0.1, 0.15) is 11.9 Å². The van der Waals surface area contributed by atoms with E-state index in [-0.39, 0.29) is 35.8 Å². The Labute approximate surface area is 150 Å². The molecule has 4 rings (SSSR count). The third-order valence-corrected chi connectivity index (χ3v) is 4.79. The van der Waals surface area contributed by atoms with Crippen LogP contribution in [0.2, 0.25) is 0 Å². The van der Waals surface area contributed by atoms with Gasteiger partial charge in [0, 0.05) is 24.7 Å². The number of pyridine rings is 1. The van der Waals surface area contributed by atoms with E-state index >= 15 is 0 Å². The number of fused-ring (bicyclic) bond motifs is 1. The van der Waals surface area contributed by atoms with Crippen molar-refractivity contribution in [3.63, 3.8) is 0 Å². The Morgan fingerprint density at radius 1 is 1.35 bits per heavy atom. The summed E-state index contributed by atoms with van der Waals surface area (Å²) in [5.74, 6) is 0.636. The second-order valence-corrected chi connectivity index (χ2v) is 6.92. The monoisotopic (exact) mass is 356 g/mol. The second kappa shape index (κ2) is 6.44. The summed E-state index contributed by atoms with van der Waals surface area (Å²) in [6.45, 7) is 5.09. The summed E-state index contributed by atoms with van der Waals surface area (Å²) in [5, 5.41) is 3.88. The highest BCUT2D eigenvalue weighted by Crippen LogP contribution is 2.29. The summed E-state index contributed by atoms with van der Waals surface area (Å²) >= 11 is 0. The topological polar surface area (TPSA) is 88.8 Å². The summed E-state index contributed by atoms with van der Waals surface area (Å²) in [7, 11) is 0. The van der Waals surface area contributed by atoms with Gasteiger partial charge in [0.25, 0.3) is 5.91 Å². The fourth-order valence-corrected chi connectivity index (χ4v) is 3.34. The molecule has 0 N–H and O–H groups in total. The Morgan fingerprint density at radius 2 is 2.19 bits per heavy atom. The summed E-state index contributed by atoms with van der Waals surface area (Å²) in [6.07, 6.45) is 1.00. The van der Waals surface area contributed by atoms with Crippen molar-refractivity contribution in [2.75, 3.05) is 13.1 Å². The minimum Gasteiger partial charge on any atom is -0.442 e. The van der Waals surface area contributed by atoms with E-state index in [4.69, 9.17) is 9.26 Å². The van der Waals surface area contributed by atoms with Crippen LogP contribution < -0.4 is 0 Å². The number of likely N-dealkylation sites (tertiary alicyclic amines) is 1. The third-order valence-electron chi connectivity index (χ3n) is 4.79. The molecule has 2 aromatic rings. The predicted molar refractivity (Wildman–Crippen MR) is 90.3 cm³/mol. The lowest BCUT2D eigenvalue weighted by atomic mass is 10.1. The number of carbonyl (C=O) groups excluding carboxylic acids is 2. The van der Waals surface area contributed by atoms with Gasteiger partial charge in [-0.2, -0.15) is 0 Å². The van der Waals surface area contributed by atoms with Gasteiger partial charge in [0.05, 0.1) is 24.8 Å². The van der Waals surface area contributed by atoms with E-state index in [0.29, 0.717) is 25.4 Å². The molecule has 0 aliphatic carbocycles. The summed E-state index contributed by atoms with van der Waals surface area (Å²) in [5.41, 5.74) is 1.07. The van der Waals surface area contributed by atoms with E-state index in [1.165, 1.54) is 0 Å². The largest absolute Gasteiger partial charge is 0.442 e. The van der Waals surface area contributed by atoms with Crippen molar-refractivity contribution in [3.8, 4) is 0 Å². The molecule has 2 atom stereocenters. The summed E-state index contributed by atoms with van der Waals surface area (Å²) in [4.78, 5) is 32.4. The van der Waals surface area contributed by atoms with Crippen molar-refractivity contribution < 1.29 is 18.8 Å². The van der Waals surface area contributed by atoms with E-state index in [0.717, 1.165) is 5.69 Å². The first-order valence-electron chi connectivity index (χ1n) is 8.66. The Bertz CT molecular complexity index is 820. The Morgan fingerprint density at radius 3 is 2.88 bits per heavy atom. The van der Waals surface area contributed by atoms with Gasteiger partial charge in [-0.3, -0.25) is 14.7 Å². The number of ether oxygens (including phenoxy) is 1. The third kappa shape index (κ3) is 2.91. The number of aromatic nitrogens is 2. The number of hydrogen-bond donors (Lipinski definition) is 0. The maximum atomic E-state index is 12.7. The molecule has 2 fully saturated rings. The smallest absolute Gasteiger partial charge is 0.410 e. The van der Waals surface area contributed by atoms with Crippen LogP contribution >= 0.6 is 0 Å². The molecule has 2 aromatic heterocycles. The number of amides is 2. The van der Waals surface area contributed by atoms with Crippen LogP contribution in [-0.2, 0) is 11.3 Å². The first-order valence-corrected chi connectivity index (χ1v) is 8.66. The number of rotatable bonds is 4. The number of nitrogens with zero attached hydrogens (tertiary/aromatic N) is 4. The van der Waals surface area contributed by atoms with Gasteiger partial charge < -0.3 is 14.2 Å². The van der Waals surface area contributed by atoms with Gasteiger partial charge in [-0.15, -0.1) is 0 Å². The zero-order valence-corrected chi connectivity index (χ0v) is 14.7. The van der Waals surface area contributed by atoms with Crippen LogP contribution in [0.15, 0.2) is 35.0 Å². The molecule has 0 bridgehead atoms. The normalized spacial score (nSPS) is 22.0. The highest BCUT2D eigenvalue weighted by atomic mass is 16.6. The average molecular weight is 356 g/mol. The molecule has 8 heteroatoms. The van der Waals surface area contributed by atoms with Crippen LogP contribution in [0.4, 0.5) is 4.79 Å². The molecule has 0 saturated carbocycles. The highest BCUT2D eigenvalue weighted by Gasteiger charge is 2.49. The van der Waals surface area contributed by atoms with Gasteiger partial charge in [-0.25, -0.2) is 4.79 Å². The standard InChI is InChI=1S/C18H20N4O4/c1-11(2)15-7-13(20-26-15)17(23)21-9-14-16(10-21)25-18(24)22(14)8-12-5-3-4-6-19-12/h3-7,11,14,16H,8-10H2,1-2H3/t14-,16+/m1/s1. The van der Waals surface area contributed by atoms with E-state index in [1.54, 1.807) is 22.1 Å². The molecule has 2 saturated heterocycles. The molecule has 0 spiro atoms. The van der Waals surface area contributed by atoms with Crippen LogP contribution in [0.25, 0.3) is 0 Å². The first-order chi connectivity index (χ1) is 12.5. The van der Waals surface area contributed by atoms with Gasteiger partial charge >= 0.3 is 6.09 Å². The summed E-state index contributed by atoms with van der Waals surface area (Å²) in [6, 6.07) is 7.07. The minimum absolute atomic E-state index is 0.164. The maximum absolute atomic E-state index is 12.7.